The molecule has 0 spiro atoms. The van der Waals surface area contributed by atoms with E-state index in [0.29, 0.717) is 17.5 Å². The number of fused-ring (bicyclic) bond motifs is 1. The minimum Gasteiger partial charge on any atom is -0.383 e. The molecule has 1 amide bonds. The lowest BCUT2D eigenvalue weighted by Gasteiger charge is -2.25. The van der Waals surface area contributed by atoms with Gasteiger partial charge < -0.3 is 10.7 Å². The number of nitrogen functional groups attached to an aromatic ring is 1. The molecule has 2 aromatic heterocycles. The van der Waals surface area contributed by atoms with Gasteiger partial charge in [-0.25, -0.2) is 9.59 Å². The Balaban J connectivity index is 1.83. The monoisotopic (exact) mass is 490 g/mol. The fraction of sp³-hybridized carbons (Fsp3) is 0.240. The van der Waals surface area contributed by atoms with E-state index in [-0.39, 0.29) is 30.0 Å². The normalized spacial score (nSPS) is 11.0. The highest BCUT2D eigenvalue weighted by Gasteiger charge is 2.26. The first kappa shape index (κ1) is 24.5. The molecule has 0 saturated heterocycles. The number of H-pyrrole nitrogens is 2. The second-order valence-corrected chi connectivity index (χ2v) is 8.33. The molecule has 0 fully saturated rings. The summed E-state index contributed by atoms with van der Waals surface area (Å²) in [5.74, 6) is -0.888. The molecule has 186 valence electrons. The van der Waals surface area contributed by atoms with Crippen molar-refractivity contribution >= 4 is 28.3 Å². The first-order valence-electron chi connectivity index (χ1n) is 11.5. The molecule has 0 unspecified atom stereocenters. The number of unbranched alkanes of at least 4 members (excludes halogenated alkanes) is 1. The van der Waals surface area contributed by atoms with E-state index < -0.39 is 34.9 Å². The summed E-state index contributed by atoms with van der Waals surface area (Å²) >= 11 is 0. The largest absolute Gasteiger partial charge is 0.383 e. The van der Waals surface area contributed by atoms with Gasteiger partial charge in [-0.15, -0.1) is 0 Å². The SMILES string of the molecule is CCCCn1c(N)c(N(Cc2ccccc2)C(=O)Cn2c(=O)[nH]c3ccccc3c2=O)c(=O)[nH]c1=O. The number of carbonyl (C=O) groups is 1. The third-order valence-electron chi connectivity index (χ3n) is 5.89. The number of aromatic nitrogens is 4. The van der Waals surface area contributed by atoms with Crippen LogP contribution >= 0.6 is 0 Å². The van der Waals surface area contributed by atoms with E-state index >= 15 is 0 Å². The molecule has 4 rings (SSSR count). The number of aromatic amines is 2. The van der Waals surface area contributed by atoms with Gasteiger partial charge in [-0.3, -0.25) is 33.4 Å². The van der Waals surface area contributed by atoms with Crippen LogP contribution < -0.4 is 33.1 Å². The minimum absolute atomic E-state index is 0.0703. The van der Waals surface area contributed by atoms with Crippen LogP contribution in [-0.4, -0.2) is 25.0 Å². The summed E-state index contributed by atoms with van der Waals surface area (Å²) in [5.41, 5.74) is 4.15. The number of nitrogens with two attached hydrogens (primary N) is 1. The summed E-state index contributed by atoms with van der Waals surface area (Å²) < 4.78 is 1.99. The number of hydrogen-bond acceptors (Lipinski definition) is 6. The summed E-state index contributed by atoms with van der Waals surface area (Å²) in [6.45, 7) is 1.48. The van der Waals surface area contributed by atoms with Crippen molar-refractivity contribution in [2.24, 2.45) is 0 Å². The Morgan fingerprint density at radius 3 is 2.31 bits per heavy atom. The second kappa shape index (κ2) is 10.3. The predicted octanol–water partition coefficient (Wildman–Crippen LogP) is 1.16. The van der Waals surface area contributed by atoms with Crippen molar-refractivity contribution in [2.75, 3.05) is 10.6 Å². The minimum atomic E-state index is -0.839. The maximum atomic E-state index is 13.6. The number of benzene rings is 2. The number of para-hydroxylation sites is 1. The van der Waals surface area contributed by atoms with Gasteiger partial charge >= 0.3 is 11.4 Å². The van der Waals surface area contributed by atoms with Crippen LogP contribution in [-0.2, 0) is 24.4 Å². The van der Waals surface area contributed by atoms with E-state index in [2.05, 4.69) is 9.97 Å². The van der Waals surface area contributed by atoms with Gasteiger partial charge in [0.05, 0.1) is 17.4 Å². The molecule has 0 aliphatic heterocycles. The highest BCUT2D eigenvalue weighted by Crippen LogP contribution is 2.20. The quantitative estimate of drug-likeness (QED) is 0.336. The van der Waals surface area contributed by atoms with Crippen LogP contribution in [0.5, 0.6) is 0 Å². The zero-order valence-corrected chi connectivity index (χ0v) is 19.7. The highest BCUT2D eigenvalue weighted by molar-refractivity contribution is 5.95. The van der Waals surface area contributed by atoms with E-state index in [1.54, 1.807) is 54.6 Å². The van der Waals surface area contributed by atoms with E-state index in [0.717, 1.165) is 15.9 Å². The molecule has 0 aliphatic carbocycles. The fourth-order valence-electron chi connectivity index (χ4n) is 4.00. The number of rotatable bonds is 8. The maximum absolute atomic E-state index is 13.6. The standard InChI is InChI=1S/C25H26N6O5/c1-2-3-13-29-21(26)20(22(33)28-25(29)36)30(14-16-9-5-4-6-10-16)19(32)15-31-23(34)17-11-7-8-12-18(17)27-24(31)35/h4-12H,2-3,13-15,26H2,1H3,(H,27,35)(H,28,33,36). The van der Waals surface area contributed by atoms with E-state index in [1.807, 2.05) is 6.92 Å². The maximum Gasteiger partial charge on any atom is 0.330 e. The fourth-order valence-corrected chi connectivity index (χ4v) is 4.00. The molecule has 0 radical (unpaired) electrons. The summed E-state index contributed by atoms with van der Waals surface area (Å²) in [6, 6.07) is 15.3. The van der Waals surface area contributed by atoms with E-state index in [1.165, 1.54) is 4.57 Å². The Kier molecular flexibility index (Phi) is 7.00. The van der Waals surface area contributed by atoms with Crippen LogP contribution in [0.1, 0.15) is 25.3 Å². The molecule has 2 heterocycles. The Bertz CT molecular complexity index is 1650. The number of amides is 1. The lowest BCUT2D eigenvalue weighted by atomic mass is 10.2. The van der Waals surface area contributed by atoms with Gasteiger partial charge in [-0.05, 0) is 24.1 Å². The van der Waals surface area contributed by atoms with Crippen molar-refractivity contribution in [1.82, 2.24) is 19.1 Å². The molecule has 4 aromatic rings. The Labute approximate surface area is 204 Å². The number of carbonyl (C=O) groups excluding carboxylic acids is 1. The molecule has 0 aliphatic rings. The van der Waals surface area contributed by atoms with Crippen molar-refractivity contribution in [3.63, 3.8) is 0 Å². The Morgan fingerprint density at radius 1 is 0.917 bits per heavy atom. The molecule has 11 nitrogen and oxygen atoms in total. The van der Waals surface area contributed by atoms with Crippen LogP contribution in [0.2, 0.25) is 0 Å². The lowest BCUT2D eigenvalue weighted by Crippen LogP contribution is -2.45. The molecule has 2 aromatic carbocycles. The van der Waals surface area contributed by atoms with E-state index in [9.17, 15) is 24.0 Å². The zero-order chi connectivity index (χ0) is 25.8. The molecule has 0 atom stereocenters. The van der Waals surface area contributed by atoms with Crippen molar-refractivity contribution in [1.29, 1.82) is 0 Å². The molecule has 0 bridgehead atoms. The topological polar surface area (TPSA) is 156 Å². The molecular weight excluding hydrogens is 464 g/mol. The van der Waals surface area contributed by atoms with Crippen LogP contribution in [0.15, 0.2) is 73.8 Å². The van der Waals surface area contributed by atoms with Crippen LogP contribution in [0.3, 0.4) is 0 Å². The van der Waals surface area contributed by atoms with Crippen molar-refractivity contribution < 1.29 is 4.79 Å². The number of hydrogen-bond donors (Lipinski definition) is 3. The highest BCUT2D eigenvalue weighted by atomic mass is 16.2. The van der Waals surface area contributed by atoms with Gasteiger partial charge in [0, 0.05) is 6.54 Å². The lowest BCUT2D eigenvalue weighted by molar-refractivity contribution is -0.119. The number of nitrogens with zero attached hydrogens (tertiary/aromatic N) is 3. The van der Waals surface area contributed by atoms with E-state index in [4.69, 9.17) is 5.73 Å². The van der Waals surface area contributed by atoms with Crippen molar-refractivity contribution in [3.05, 3.63) is 102 Å². The van der Waals surface area contributed by atoms with Crippen molar-refractivity contribution in [3.8, 4) is 0 Å². The molecule has 0 saturated carbocycles. The van der Waals surface area contributed by atoms with Crippen LogP contribution in [0.25, 0.3) is 10.9 Å². The summed E-state index contributed by atoms with van der Waals surface area (Å²) in [4.78, 5) is 70.5. The average molecular weight is 491 g/mol. The Morgan fingerprint density at radius 2 is 1.58 bits per heavy atom. The molecule has 4 N–H and O–H groups in total. The van der Waals surface area contributed by atoms with Gasteiger partial charge in [0.1, 0.15) is 12.4 Å². The van der Waals surface area contributed by atoms with Gasteiger partial charge in [-0.1, -0.05) is 55.8 Å². The molecular formula is C25H26N6O5. The summed E-state index contributed by atoms with van der Waals surface area (Å²) in [5, 5.41) is 0.241. The third kappa shape index (κ3) is 4.76. The molecule has 36 heavy (non-hydrogen) atoms. The van der Waals surface area contributed by atoms with Gasteiger partial charge in [0.15, 0.2) is 5.69 Å². The summed E-state index contributed by atoms with van der Waals surface area (Å²) in [6.07, 6.45) is 1.41. The number of anilines is 2. The molecule has 11 heteroatoms. The average Bonchev–Trinajstić information content (AvgIpc) is 2.86. The summed E-state index contributed by atoms with van der Waals surface area (Å²) in [7, 11) is 0. The number of nitrogens with one attached hydrogen (secondary N) is 2. The smallest absolute Gasteiger partial charge is 0.330 e. The van der Waals surface area contributed by atoms with Crippen molar-refractivity contribution in [2.45, 2.75) is 39.4 Å². The third-order valence-corrected chi connectivity index (χ3v) is 5.89. The first-order valence-corrected chi connectivity index (χ1v) is 11.5. The van der Waals surface area contributed by atoms with Gasteiger partial charge in [0.25, 0.3) is 11.1 Å². The van der Waals surface area contributed by atoms with Crippen LogP contribution in [0, 0.1) is 0 Å². The zero-order valence-electron chi connectivity index (χ0n) is 19.7. The van der Waals surface area contributed by atoms with Crippen LogP contribution in [0.4, 0.5) is 11.5 Å². The first-order chi connectivity index (χ1) is 17.3. The second-order valence-electron chi connectivity index (χ2n) is 8.33. The predicted molar refractivity (Wildman–Crippen MR) is 137 cm³/mol. The van der Waals surface area contributed by atoms with Gasteiger partial charge in [-0.2, -0.15) is 0 Å². The van der Waals surface area contributed by atoms with Gasteiger partial charge in [0.2, 0.25) is 5.91 Å². The Hall–Kier alpha value is -4.67.